The molecular formula is C28H48ClNO3. The monoisotopic (exact) mass is 481 g/mol. The van der Waals surface area contributed by atoms with Crippen molar-refractivity contribution in [1.82, 2.24) is 4.90 Å². The Hall–Kier alpha value is -1.26. The predicted molar refractivity (Wildman–Crippen MR) is 141 cm³/mol. The number of halogens is 1. The van der Waals surface area contributed by atoms with Crippen LogP contribution in [0.2, 0.25) is 0 Å². The Morgan fingerprint density at radius 3 is 2.06 bits per heavy atom. The minimum atomic E-state index is -0.394. The molecule has 2 rings (SSSR count). The zero-order valence-corrected chi connectivity index (χ0v) is 22.4. The van der Waals surface area contributed by atoms with E-state index >= 15 is 0 Å². The Morgan fingerprint density at radius 2 is 1.52 bits per heavy atom. The third kappa shape index (κ3) is 10.3. The van der Waals surface area contributed by atoms with E-state index in [2.05, 4.69) is 38.1 Å². The van der Waals surface area contributed by atoms with Crippen LogP contribution in [0, 0.1) is 0 Å². The molecule has 1 aromatic rings. The van der Waals surface area contributed by atoms with Crippen molar-refractivity contribution in [3.05, 3.63) is 29.8 Å². The standard InChI is InChI=1S/C28H47NO3.ClH/c1-5-6-7-8-9-10-11-13-16-27(30)32-28(21-14-12-15-22-28)26(23-29(2)3)24-17-19-25(31-4)20-18-24;/h17-20,26H,5-16,21-23H2,1-4H3;1H. The topological polar surface area (TPSA) is 38.8 Å². The highest BCUT2D eigenvalue weighted by Crippen LogP contribution is 2.44. The van der Waals surface area contributed by atoms with Crippen LogP contribution in [0.4, 0.5) is 0 Å². The zero-order valence-electron chi connectivity index (χ0n) is 21.6. The van der Waals surface area contributed by atoms with Crippen molar-refractivity contribution in [2.45, 2.75) is 108 Å². The normalized spacial score (nSPS) is 16.2. The molecule has 0 aliphatic heterocycles. The second-order valence-corrected chi connectivity index (χ2v) is 9.91. The average Bonchev–Trinajstić information content (AvgIpc) is 2.80. The number of ether oxygens (including phenoxy) is 2. The first-order valence-electron chi connectivity index (χ1n) is 13.0. The Balaban J connectivity index is 0.00000544. The lowest BCUT2D eigenvalue weighted by Gasteiger charge is -2.44. The van der Waals surface area contributed by atoms with Crippen LogP contribution in [0.15, 0.2) is 24.3 Å². The first kappa shape index (κ1) is 29.8. The molecule has 1 atom stereocenters. The number of methoxy groups -OCH3 is 1. The van der Waals surface area contributed by atoms with E-state index in [1.54, 1.807) is 7.11 Å². The van der Waals surface area contributed by atoms with Crippen molar-refractivity contribution < 1.29 is 14.3 Å². The van der Waals surface area contributed by atoms with Crippen molar-refractivity contribution in [1.29, 1.82) is 0 Å². The largest absolute Gasteiger partial charge is 0.497 e. The van der Waals surface area contributed by atoms with Gasteiger partial charge in [-0.15, -0.1) is 12.4 Å². The van der Waals surface area contributed by atoms with Gasteiger partial charge in [0.05, 0.1) is 7.11 Å². The molecule has 1 unspecified atom stereocenters. The van der Waals surface area contributed by atoms with E-state index in [-0.39, 0.29) is 24.3 Å². The van der Waals surface area contributed by atoms with Crippen molar-refractivity contribution in [2.24, 2.45) is 0 Å². The Bertz CT molecular complexity index is 641. The summed E-state index contributed by atoms with van der Waals surface area (Å²) in [5.41, 5.74) is 0.843. The first-order valence-corrected chi connectivity index (χ1v) is 13.0. The number of likely N-dealkylation sites (N-methyl/N-ethyl adjacent to an activating group) is 1. The van der Waals surface area contributed by atoms with E-state index < -0.39 is 5.60 Å². The molecule has 33 heavy (non-hydrogen) atoms. The molecule has 0 amide bonds. The second kappa shape index (κ2) is 16.4. The van der Waals surface area contributed by atoms with Gasteiger partial charge in [0.2, 0.25) is 0 Å². The van der Waals surface area contributed by atoms with E-state index in [1.807, 2.05) is 12.1 Å². The van der Waals surface area contributed by atoms with E-state index in [1.165, 1.54) is 50.5 Å². The van der Waals surface area contributed by atoms with Crippen molar-refractivity contribution in [2.75, 3.05) is 27.7 Å². The lowest BCUT2D eigenvalue weighted by Crippen LogP contribution is -2.46. The summed E-state index contributed by atoms with van der Waals surface area (Å²) in [5, 5.41) is 0. The smallest absolute Gasteiger partial charge is 0.306 e. The van der Waals surface area contributed by atoms with Crippen LogP contribution < -0.4 is 4.74 Å². The molecule has 1 saturated carbocycles. The number of unbranched alkanes of at least 4 members (excludes halogenated alkanes) is 7. The van der Waals surface area contributed by atoms with Crippen LogP contribution in [-0.2, 0) is 9.53 Å². The summed E-state index contributed by atoms with van der Waals surface area (Å²) in [6, 6.07) is 8.35. The summed E-state index contributed by atoms with van der Waals surface area (Å²) >= 11 is 0. The van der Waals surface area contributed by atoms with E-state index in [0.29, 0.717) is 6.42 Å². The third-order valence-corrected chi connectivity index (χ3v) is 6.95. The molecule has 5 heteroatoms. The van der Waals surface area contributed by atoms with E-state index in [9.17, 15) is 4.79 Å². The SMILES string of the molecule is CCCCCCCCCCC(=O)OC1(C(CN(C)C)c2ccc(OC)cc2)CCCCC1.Cl. The van der Waals surface area contributed by atoms with Gasteiger partial charge in [-0.05, 0) is 63.9 Å². The summed E-state index contributed by atoms with van der Waals surface area (Å²) in [7, 11) is 5.91. The van der Waals surface area contributed by atoms with Gasteiger partial charge >= 0.3 is 5.97 Å². The lowest BCUT2D eigenvalue weighted by molar-refractivity contribution is -0.167. The van der Waals surface area contributed by atoms with E-state index in [4.69, 9.17) is 9.47 Å². The first-order chi connectivity index (χ1) is 15.5. The number of carbonyl (C=O) groups is 1. The summed E-state index contributed by atoms with van der Waals surface area (Å²) in [5.74, 6) is 1.03. The van der Waals surface area contributed by atoms with Gasteiger partial charge in [-0.3, -0.25) is 4.79 Å². The van der Waals surface area contributed by atoms with Gasteiger partial charge in [-0.2, -0.15) is 0 Å². The molecule has 1 aromatic carbocycles. The lowest BCUT2D eigenvalue weighted by atomic mass is 9.72. The molecule has 190 valence electrons. The van der Waals surface area contributed by atoms with Gasteiger partial charge in [0.25, 0.3) is 0 Å². The molecular weight excluding hydrogens is 434 g/mol. The molecule has 1 fully saturated rings. The van der Waals surface area contributed by atoms with E-state index in [0.717, 1.165) is 50.8 Å². The highest BCUT2D eigenvalue weighted by atomic mass is 35.5. The molecule has 1 aliphatic carbocycles. The van der Waals surface area contributed by atoms with Gasteiger partial charge in [0.1, 0.15) is 11.4 Å². The molecule has 0 saturated heterocycles. The fourth-order valence-corrected chi connectivity index (χ4v) is 5.13. The van der Waals surface area contributed by atoms with Gasteiger partial charge in [0, 0.05) is 18.9 Å². The number of carbonyl (C=O) groups excluding carboxylic acids is 1. The van der Waals surface area contributed by atoms with Gasteiger partial charge in [0.15, 0.2) is 0 Å². The van der Waals surface area contributed by atoms with Crippen LogP contribution in [0.3, 0.4) is 0 Å². The minimum Gasteiger partial charge on any atom is -0.497 e. The van der Waals surface area contributed by atoms with Gasteiger partial charge in [-0.25, -0.2) is 0 Å². The summed E-state index contributed by atoms with van der Waals surface area (Å²) in [6.07, 6.45) is 15.9. The zero-order chi connectivity index (χ0) is 23.2. The molecule has 0 radical (unpaired) electrons. The molecule has 0 bridgehead atoms. The molecule has 0 heterocycles. The fraction of sp³-hybridized carbons (Fsp3) is 0.750. The highest BCUT2D eigenvalue weighted by molar-refractivity contribution is 5.85. The maximum Gasteiger partial charge on any atom is 0.306 e. The molecule has 0 N–H and O–H groups in total. The van der Waals surface area contributed by atoms with Crippen molar-refractivity contribution in [3.8, 4) is 5.75 Å². The summed E-state index contributed by atoms with van der Waals surface area (Å²) in [4.78, 5) is 15.2. The predicted octanol–water partition coefficient (Wildman–Crippen LogP) is 7.54. The highest BCUT2D eigenvalue weighted by Gasteiger charge is 2.44. The quantitative estimate of drug-likeness (QED) is 0.191. The molecule has 4 nitrogen and oxygen atoms in total. The summed E-state index contributed by atoms with van der Waals surface area (Å²) < 4.78 is 11.8. The molecule has 0 aromatic heterocycles. The Kier molecular flexibility index (Phi) is 14.8. The average molecular weight is 482 g/mol. The van der Waals surface area contributed by atoms with Crippen LogP contribution in [-0.4, -0.2) is 44.2 Å². The number of rotatable bonds is 15. The molecule has 1 aliphatic rings. The van der Waals surface area contributed by atoms with Gasteiger partial charge < -0.3 is 14.4 Å². The van der Waals surface area contributed by atoms with Crippen LogP contribution >= 0.6 is 12.4 Å². The third-order valence-electron chi connectivity index (χ3n) is 6.95. The Labute approximate surface area is 209 Å². The Morgan fingerprint density at radius 1 is 0.939 bits per heavy atom. The second-order valence-electron chi connectivity index (χ2n) is 9.91. The number of esters is 1. The minimum absolute atomic E-state index is 0. The number of nitrogens with zero attached hydrogens (tertiary/aromatic N) is 1. The molecule has 0 spiro atoms. The van der Waals surface area contributed by atoms with Crippen LogP contribution in [0.5, 0.6) is 5.75 Å². The van der Waals surface area contributed by atoms with Crippen LogP contribution in [0.25, 0.3) is 0 Å². The number of benzene rings is 1. The van der Waals surface area contributed by atoms with Crippen molar-refractivity contribution in [3.63, 3.8) is 0 Å². The fourth-order valence-electron chi connectivity index (χ4n) is 5.13. The maximum atomic E-state index is 13.0. The number of hydrogen-bond acceptors (Lipinski definition) is 4. The number of hydrogen-bond donors (Lipinski definition) is 0. The van der Waals surface area contributed by atoms with Gasteiger partial charge in [-0.1, -0.05) is 70.4 Å². The maximum absolute atomic E-state index is 13.0. The summed E-state index contributed by atoms with van der Waals surface area (Å²) in [6.45, 7) is 3.12. The van der Waals surface area contributed by atoms with Crippen molar-refractivity contribution >= 4 is 18.4 Å². The van der Waals surface area contributed by atoms with Crippen LogP contribution in [0.1, 0.15) is 108 Å².